The van der Waals surface area contributed by atoms with E-state index in [-0.39, 0.29) is 30.1 Å². The van der Waals surface area contributed by atoms with Crippen LogP contribution >= 0.6 is 0 Å². The van der Waals surface area contributed by atoms with E-state index in [9.17, 15) is 9.59 Å². The van der Waals surface area contributed by atoms with E-state index < -0.39 is 0 Å². The van der Waals surface area contributed by atoms with Crippen molar-refractivity contribution in [3.63, 3.8) is 0 Å². The lowest BCUT2D eigenvalue weighted by Gasteiger charge is -2.36. The van der Waals surface area contributed by atoms with Crippen LogP contribution in [0.2, 0.25) is 0 Å². The average Bonchev–Trinajstić information content (AvgIpc) is 2.72. The summed E-state index contributed by atoms with van der Waals surface area (Å²) in [4.78, 5) is 23.5. The highest BCUT2D eigenvalue weighted by Gasteiger charge is 2.32. The second-order valence-electron chi connectivity index (χ2n) is 6.88. The zero-order valence-electron chi connectivity index (χ0n) is 16.3. The van der Waals surface area contributed by atoms with Crippen molar-refractivity contribution in [2.75, 3.05) is 14.2 Å². The molecule has 3 rings (SSSR count). The van der Waals surface area contributed by atoms with Crippen LogP contribution in [0.1, 0.15) is 53.5 Å². The fraction of sp³-hybridized carbons (Fsp3) is 0.364. The molecule has 0 aromatic heterocycles. The maximum atomic E-state index is 11.9. The van der Waals surface area contributed by atoms with Crippen LogP contribution in [0, 0.1) is 0 Å². The van der Waals surface area contributed by atoms with Gasteiger partial charge in [0, 0.05) is 13.0 Å². The van der Waals surface area contributed by atoms with Gasteiger partial charge in [-0.1, -0.05) is 24.3 Å². The average molecular weight is 383 g/mol. The van der Waals surface area contributed by atoms with Gasteiger partial charge in [0.25, 0.3) is 0 Å². The largest absolute Gasteiger partial charge is 0.497 e. The van der Waals surface area contributed by atoms with Crippen LogP contribution in [0.3, 0.4) is 0 Å². The van der Waals surface area contributed by atoms with Crippen LogP contribution in [-0.4, -0.2) is 32.1 Å². The van der Waals surface area contributed by atoms with Gasteiger partial charge in [-0.05, 0) is 48.2 Å². The van der Waals surface area contributed by atoms with Gasteiger partial charge in [0.1, 0.15) is 5.75 Å². The fourth-order valence-electron chi connectivity index (χ4n) is 3.58. The van der Waals surface area contributed by atoms with Gasteiger partial charge >= 0.3 is 5.97 Å². The molecule has 0 bridgehead atoms. The van der Waals surface area contributed by atoms with Crippen molar-refractivity contribution in [3.05, 3.63) is 65.2 Å². The summed E-state index contributed by atoms with van der Waals surface area (Å²) in [5.74, 6) is 0.297. The Hall–Kier alpha value is -2.86. The van der Waals surface area contributed by atoms with Gasteiger partial charge in [-0.3, -0.25) is 4.79 Å². The zero-order valence-corrected chi connectivity index (χ0v) is 16.3. The molecule has 0 spiro atoms. The van der Waals surface area contributed by atoms with Crippen molar-refractivity contribution in [2.45, 2.75) is 38.0 Å². The fourth-order valence-corrected chi connectivity index (χ4v) is 3.58. The number of benzene rings is 2. The standard InChI is InChI=1S/C22H25NO5/c1-14(24)23-18-12-20(15-6-4-8-17(10-15)22(25)27-3)28-21(13-18)16-7-5-9-19(11-16)26-2/h4-11,18,20-21H,12-13H2,1-3H3,(H,23,24)/t18-,20-,21+/m1/s1. The minimum atomic E-state index is -0.389. The molecule has 3 atom stereocenters. The summed E-state index contributed by atoms with van der Waals surface area (Å²) >= 11 is 0. The molecule has 1 heterocycles. The van der Waals surface area contributed by atoms with Gasteiger partial charge in [-0.25, -0.2) is 4.79 Å². The van der Waals surface area contributed by atoms with Crippen LogP contribution in [0.4, 0.5) is 0 Å². The summed E-state index contributed by atoms with van der Waals surface area (Å²) in [7, 11) is 2.99. The molecule has 2 aromatic rings. The van der Waals surface area contributed by atoms with Gasteiger partial charge in [-0.15, -0.1) is 0 Å². The number of rotatable bonds is 5. The van der Waals surface area contributed by atoms with E-state index >= 15 is 0 Å². The summed E-state index contributed by atoms with van der Waals surface area (Å²) in [5.41, 5.74) is 2.34. The summed E-state index contributed by atoms with van der Waals surface area (Å²) < 4.78 is 16.5. The Kier molecular flexibility index (Phi) is 6.31. The Morgan fingerprint density at radius 2 is 1.64 bits per heavy atom. The molecule has 1 saturated heterocycles. The molecule has 1 aliphatic rings. The van der Waals surface area contributed by atoms with Crippen molar-refractivity contribution < 1.29 is 23.8 Å². The van der Waals surface area contributed by atoms with E-state index in [1.807, 2.05) is 36.4 Å². The molecule has 1 amide bonds. The molecule has 1 N–H and O–H groups in total. The predicted molar refractivity (Wildman–Crippen MR) is 104 cm³/mol. The number of esters is 1. The highest BCUT2D eigenvalue weighted by atomic mass is 16.5. The first-order chi connectivity index (χ1) is 13.5. The molecule has 0 saturated carbocycles. The Morgan fingerprint density at radius 3 is 2.25 bits per heavy atom. The Morgan fingerprint density at radius 1 is 1.00 bits per heavy atom. The third-order valence-electron chi connectivity index (χ3n) is 4.88. The minimum absolute atomic E-state index is 0.0331. The smallest absolute Gasteiger partial charge is 0.337 e. The van der Waals surface area contributed by atoms with Crippen molar-refractivity contribution in [3.8, 4) is 5.75 Å². The molecular weight excluding hydrogens is 358 g/mol. The quantitative estimate of drug-likeness (QED) is 0.799. The molecule has 1 aliphatic heterocycles. The van der Waals surface area contributed by atoms with E-state index in [2.05, 4.69) is 5.32 Å². The van der Waals surface area contributed by atoms with Crippen LogP contribution in [0.15, 0.2) is 48.5 Å². The highest BCUT2D eigenvalue weighted by Crippen LogP contribution is 2.39. The van der Waals surface area contributed by atoms with Crippen LogP contribution < -0.4 is 10.1 Å². The first-order valence-corrected chi connectivity index (χ1v) is 9.25. The van der Waals surface area contributed by atoms with Gasteiger partial charge in [0.15, 0.2) is 0 Å². The second-order valence-corrected chi connectivity index (χ2v) is 6.88. The highest BCUT2D eigenvalue weighted by molar-refractivity contribution is 5.89. The molecule has 148 valence electrons. The lowest BCUT2D eigenvalue weighted by atomic mass is 9.90. The molecule has 6 heteroatoms. The van der Waals surface area contributed by atoms with E-state index in [0.717, 1.165) is 16.9 Å². The molecule has 1 fully saturated rings. The topological polar surface area (TPSA) is 73.9 Å². The molecule has 0 unspecified atom stereocenters. The number of carbonyl (C=O) groups excluding carboxylic acids is 2. The van der Waals surface area contributed by atoms with Crippen molar-refractivity contribution in [1.82, 2.24) is 5.32 Å². The molecule has 2 aromatic carbocycles. The number of hydrogen-bond acceptors (Lipinski definition) is 5. The number of carbonyl (C=O) groups is 2. The Labute approximate surface area is 164 Å². The van der Waals surface area contributed by atoms with Gasteiger partial charge in [-0.2, -0.15) is 0 Å². The Balaban J connectivity index is 1.89. The van der Waals surface area contributed by atoms with Crippen molar-refractivity contribution in [1.29, 1.82) is 0 Å². The van der Waals surface area contributed by atoms with Gasteiger partial charge in [0.2, 0.25) is 5.91 Å². The SMILES string of the molecule is COC(=O)c1cccc([C@H]2C[C@@H](NC(C)=O)C[C@@H](c3cccc(OC)c3)O2)c1. The van der Waals surface area contributed by atoms with E-state index in [4.69, 9.17) is 14.2 Å². The van der Waals surface area contributed by atoms with Crippen molar-refractivity contribution >= 4 is 11.9 Å². The van der Waals surface area contributed by atoms with Gasteiger partial charge in [0.05, 0.1) is 32.0 Å². The number of nitrogens with one attached hydrogen (secondary N) is 1. The summed E-state index contributed by atoms with van der Waals surface area (Å²) in [6.07, 6.45) is 0.837. The van der Waals surface area contributed by atoms with E-state index in [1.54, 1.807) is 19.2 Å². The van der Waals surface area contributed by atoms with Crippen LogP contribution in [0.25, 0.3) is 0 Å². The molecule has 0 radical (unpaired) electrons. The second kappa shape index (κ2) is 8.89. The third kappa shape index (κ3) is 4.70. The molecular formula is C22H25NO5. The first kappa shape index (κ1) is 19.9. The van der Waals surface area contributed by atoms with Crippen molar-refractivity contribution in [2.24, 2.45) is 0 Å². The molecule has 0 aliphatic carbocycles. The predicted octanol–water partition coefficient (Wildman–Crippen LogP) is 3.58. The van der Waals surface area contributed by atoms with Crippen LogP contribution in [-0.2, 0) is 14.3 Å². The van der Waals surface area contributed by atoms with Crippen LogP contribution in [0.5, 0.6) is 5.75 Å². The van der Waals surface area contributed by atoms with E-state index in [1.165, 1.54) is 14.0 Å². The zero-order chi connectivity index (χ0) is 20.1. The third-order valence-corrected chi connectivity index (χ3v) is 4.88. The van der Waals surface area contributed by atoms with E-state index in [0.29, 0.717) is 18.4 Å². The maximum absolute atomic E-state index is 11.9. The lowest BCUT2D eigenvalue weighted by Crippen LogP contribution is -2.39. The monoisotopic (exact) mass is 383 g/mol. The van der Waals surface area contributed by atoms with Gasteiger partial charge < -0.3 is 19.5 Å². The normalized spacial score (nSPS) is 21.6. The molecule has 28 heavy (non-hydrogen) atoms. The number of methoxy groups -OCH3 is 2. The minimum Gasteiger partial charge on any atom is -0.497 e. The summed E-state index contributed by atoms with van der Waals surface area (Å²) in [6.45, 7) is 1.52. The maximum Gasteiger partial charge on any atom is 0.337 e. The lowest BCUT2D eigenvalue weighted by molar-refractivity contribution is -0.122. The molecule has 6 nitrogen and oxygen atoms in total. The number of ether oxygens (including phenoxy) is 3. The number of hydrogen-bond donors (Lipinski definition) is 1. The number of amides is 1. The summed E-state index contributed by atoms with van der Waals surface area (Å²) in [6, 6.07) is 15.0. The first-order valence-electron chi connectivity index (χ1n) is 9.25. The Bertz CT molecular complexity index is 850. The summed E-state index contributed by atoms with van der Waals surface area (Å²) in [5, 5.41) is 3.02.